The molecule has 0 saturated heterocycles. The smallest absolute Gasteiger partial charge is 0.324 e. The Labute approximate surface area is 333 Å². The lowest BCUT2D eigenvalue weighted by Crippen LogP contribution is -2.42. The van der Waals surface area contributed by atoms with Gasteiger partial charge in [-0.3, -0.25) is 24.4 Å². The lowest BCUT2D eigenvalue weighted by molar-refractivity contribution is -0.153. The summed E-state index contributed by atoms with van der Waals surface area (Å²) in [7, 11) is 5.45. The topological polar surface area (TPSA) is 275 Å². The van der Waals surface area contributed by atoms with Crippen LogP contribution in [0.15, 0.2) is 36.5 Å². The average molecular weight is 874 g/mol. The molecule has 5 N–H and O–H groups in total. The molecular weight excluding hydrogens is 815 g/mol. The van der Waals surface area contributed by atoms with E-state index in [1.807, 2.05) is 13.8 Å². The number of amides is 1. The van der Waals surface area contributed by atoms with E-state index in [9.17, 15) is 36.0 Å². The van der Waals surface area contributed by atoms with E-state index >= 15 is 0 Å². The molecule has 0 aromatic heterocycles. The first-order chi connectivity index (χ1) is 25.7. The Morgan fingerprint density at radius 1 is 0.655 bits per heavy atom. The summed E-state index contributed by atoms with van der Waals surface area (Å²) in [6.45, 7) is 13.2. The van der Waals surface area contributed by atoms with Gasteiger partial charge >= 0.3 is 17.9 Å². The highest BCUT2D eigenvalue weighted by Crippen LogP contribution is 2.01. The third kappa shape index (κ3) is 35.5. The zero-order valence-electron chi connectivity index (χ0n) is 33.2. The number of methoxy groups -OCH3 is 2. The van der Waals surface area contributed by atoms with Crippen LogP contribution in [0.25, 0.3) is 0 Å². The quantitative estimate of drug-likeness (QED) is 0.0407. The largest absolute Gasteiger partial charge is 0.480 e. The first-order valence-electron chi connectivity index (χ1n) is 16.1. The predicted molar refractivity (Wildman–Crippen MR) is 208 cm³/mol. The molecule has 0 saturated carbocycles. The van der Waals surface area contributed by atoms with Crippen LogP contribution in [0.4, 0.5) is 0 Å². The summed E-state index contributed by atoms with van der Waals surface area (Å²) >= 11 is -5.87. The number of likely N-dealkylation sites (N-methyl/N-ethyl adjacent to an activating group) is 2. The molecule has 8 unspecified atom stereocenters. The molecule has 55 heavy (non-hydrogen) atoms. The van der Waals surface area contributed by atoms with Crippen LogP contribution in [-0.4, -0.2) is 137 Å². The minimum Gasteiger partial charge on any atom is -0.480 e. The average Bonchev–Trinajstić information content (AvgIpc) is 3.17. The van der Waals surface area contributed by atoms with Crippen LogP contribution in [0.3, 0.4) is 0 Å². The maximum absolute atomic E-state index is 11.2. The summed E-state index contributed by atoms with van der Waals surface area (Å²) in [6.07, 6.45) is 10.4. The van der Waals surface area contributed by atoms with Gasteiger partial charge in [-0.05, 0) is 48.5 Å². The molecule has 0 rings (SSSR count). The van der Waals surface area contributed by atoms with Gasteiger partial charge in [0, 0.05) is 19.8 Å². The molecule has 0 spiro atoms. The van der Waals surface area contributed by atoms with Crippen molar-refractivity contribution in [1.29, 1.82) is 0 Å². The second-order valence-electron chi connectivity index (χ2n) is 10.0. The van der Waals surface area contributed by atoms with Gasteiger partial charge in [-0.2, -0.15) is 38.2 Å². The van der Waals surface area contributed by atoms with Gasteiger partial charge in [0.1, 0.15) is 24.2 Å². The number of aliphatic carboxylic acids is 1. The molecule has 8 atom stereocenters. The fraction of sp³-hybridized carbons (Fsp3) is 0.667. The molecular formula is C30H59N5O16S4. The number of nitrogens with one attached hydrogen (secondary N) is 3. The maximum atomic E-state index is 11.2. The van der Waals surface area contributed by atoms with Crippen LogP contribution < -0.4 is 16.4 Å². The number of hydroxylamine groups is 7. The van der Waals surface area contributed by atoms with E-state index < -0.39 is 92.3 Å². The number of nitrogens with zero attached hydrogens (tertiary/aromatic N) is 2. The number of carboxylic acids is 1. The summed E-state index contributed by atoms with van der Waals surface area (Å²) in [6, 6.07) is -2.77. The number of rotatable bonds is 23. The zero-order chi connectivity index (χ0) is 43.5. The Balaban J connectivity index is -0.000000316. The standard InChI is InChI=1S/C8H16N2O4S.2C8H15NO4S.C6H13NO4S/c1-4-5-6-15(13)14-10(3)7(2)8(11)9-12;1-4-5-6-14(11)13-9-7(2)8(10)12-3;1-4-5-6-14(12)13-9(3)7(2)8(10)11;1-4-12(9)11-7-5(2)6(8)10-3/h4-5,7,12H,6H2,1-3H3,(H,9,11);4-5,7,9H,6H2,1-3H3;4-5,7H,6H2,1-3H3,(H,10,11);5,7H,4H2,1-3H3/b3*5-4+;. The lowest BCUT2D eigenvalue weighted by atomic mass is 10.3. The van der Waals surface area contributed by atoms with Crippen molar-refractivity contribution < 1.29 is 72.9 Å². The highest BCUT2D eigenvalue weighted by atomic mass is 32.2. The Morgan fingerprint density at radius 3 is 1.31 bits per heavy atom. The molecule has 0 aliphatic heterocycles. The van der Waals surface area contributed by atoms with Gasteiger partial charge in [0.2, 0.25) is 0 Å². The van der Waals surface area contributed by atoms with Crippen molar-refractivity contribution in [1.82, 2.24) is 26.6 Å². The second-order valence-corrected chi connectivity index (χ2v) is 14.6. The molecule has 25 heteroatoms. The Bertz CT molecular complexity index is 1280. The van der Waals surface area contributed by atoms with E-state index in [-0.39, 0.29) is 17.3 Å². The molecule has 0 bridgehead atoms. The van der Waals surface area contributed by atoms with E-state index in [0.717, 1.165) is 10.1 Å². The Hall–Kier alpha value is -2.66. The van der Waals surface area contributed by atoms with Crippen molar-refractivity contribution in [2.45, 2.75) is 79.6 Å². The first-order valence-corrected chi connectivity index (χ1v) is 21.1. The van der Waals surface area contributed by atoms with Gasteiger partial charge in [-0.25, -0.2) is 22.3 Å². The van der Waals surface area contributed by atoms with Gasteiger partial charge in [-0.15, -0.1) is 0 Å². The highest BCUT2D eigenvalue weighted by Gasteiger charge is 2.21. The van der Waals surface area contributed by atoms with Crippen molar-refractivity contribution in [3.8, 4) is 0 Å². The van der Waals surface area contributed by atoms with Gasteiger partial charge in [0.15, 0.2) is 44.3 Å². The van der Waals surface area contributed by atoms with Crippen LogP contribution in [0.5, 0.6) is 0 Å². The Morgan fingerprint density at radius 2 is 1.00 bits per heavy atom. The molecule has 0 aliphatic carbocycles. The summed E-state index contributed by atoms with van der Waals surface area (Å²) in [5, 5.41) is 19.2. The van der Waals surface area contributed by atoms with Crippen molar-refractivity contribution in [2.75, 3.05) is 51.3 Å². The number of carbonyl (C=O) groups excluding carboxylic acids is 3. The number of allylic oxidation sites excluding steroid dienone is 3. The number of hydrogen-bond donors (Lipinski definition) is 5. The molecule has 0 aliphatic rings. The van der Waals surface area contributed by atoms with E-state index in [2.05, 4.69) is 24.7 Å². The van der Waals surface area contributed by atoms with E-state index in [1.54, 1.807) is 64.2 Å². The fourth-order valence-electron chi connectivity index (χ4n) is 2.19. The summed E-state index contributed by atoms with van der Waals surface area (Å²) in [5.41, 5.74) is 6.13. The molecule has 0 aromatic rings. The Kier molecular flexibility index (Phi) is 41.0. The predicted octanol–water partition coefficient (Wildman–Crippen LogP) is 0.608. The highest BCUT2D eigenvalue weighted by molar-refractivity contribution is 7.80. The molecule has 0 fully saturated rings. The molecule has 0 heterocycles. The summed E-state index contributed by atoms with van der Waals surface area (Å²) in [5.74, 6) is -1.38. The molecule has 21 nitrogen and oxygen atoms in total. The number of hydrogen-bond acceptors (Lipinski definition) is 19. The van der Waals surface area contributed by atoms with Crippen LogP contribution >= 0.6 is 0 Å². The minimum atomic E-state index is -1.51. The number of ether oxygens (including phenoxy) is 2. The number of carbonyl (C=O) groups is 4. The van der Waals surface area contributed by atoms with E-state index in [4.69, 9.17) is 23.2 Å². The second kappa shape index (κ2) is 38.2. The number of carboxylic acid groups (broad SMARTS) is 1. The minimum absolute atomic E-state index is 0.257. The number of esters is 2. The van der Waals surface area contributed by atoms with Gasteiger partial charge in [0.05, 0.1) is 31.5 Å². The van der Waals surface area contributed by atoms with Crippen molar-refractivity contribution in [3.05, 3.63) is 36.5 Å². The van der Waals surface area contributed by atoms with Gasteiger partial charge < -0.3 is 14.6 Å². The lowest BCUT2D eigenvalue weighted by Gasteiger charge is -2.20. The van der Waals surface area contributed by atoms with Crippen LogP contribution in [-0.2, 0) is 90.1 Å². The van der Waals surface area contributed by atoms with Crippen molar-refractivity contribution >= 4 is 68.1 Å². The maximum Gasteiger partial charge on any atom is 0.324 e. The fourth-order valence-corrected chi connectivity index (χ4v) is 4.83. The van der Waals surface area contributed by atoms with Gasteiger partial charge in [-0.1, -0.05) is 43.4 Å². The van der Waals surface area contributed by atoms with Crippen LogP contribution in [0.1, 0.15) is 55.4 Å². The van der Waals surface area contributed by atoms with Gasteiger partial charge in [0.25, 0.3) is 5.91 Å². The van der Waals surface area contributed by atoms with Crippen LogP contribution in [0, 0.1) is 0 Å². The SMILES string of the molecule is C/C=C/CS(=O)ON(C)C(C)C(=O)NO.C/C=C/CS(=O)ON(C)C(C)C(=O)O.C/C=C/CS(=O)ONC(C)C(=O)OC.CCS(=O)ONC(C)C(=O)OC. The normalized spacial score (nSPS) is 15.5. The summed E-state index contributed by atoms with van der Waals surface area (Å²) < 4.78 is 72.0. The third-order valence-electron chi connectivity index (χ3n) is 5.72. The van der Waals surface area contributed by atoms with Crippen molar-refractivity contribution in [3.63, 3.8) is 0 Å². The third-order valence-corrected chi connectivity index (χ3v) is 8.96. The first kappa shape index (κ1) is 59.0. The van der Waals surface area contributed by atoms with E-state index in [1.165, 1.54) is 47.6 Å². The van der Waals surface area contributed by atoms with Crippen LogP contribution in [0.2, 0.25) is 0 Å². The zero-order valence-corrected chi connectivity index (χ0v) is 36.5. The molecule has 324 valence electrons. The summed E-state index contributed by atoms with van der Waals surface area (Å²) in [4.78, 5) is 43.1. The van der Waals surface area contributed by atoms with E-state index in [0.29, 0.717) is 5.75 Å². The van der Waals surface area contributed by atoms with Crippen molar-refractivity contribution in [2.24, 2.45) is 0 Å². The molecule has 0 radical (unpaired) electrons. The monoisotopic (exact) mass is 873 g/mol. The molecule has 0 aromatic carbocycles. The molecule has 1 amide bonds.